The molecule has 0 aromatic carbocycles. The number of rotatable bonds is 2. The van der Waals surface area contributed by atoms with Gasteiger partial charge in [-0.2, -0.15) is 4.98 Å². The lowest BCUT2D eigenvalue weighted by Gasteiger charge is -2.37. The van der Waals surface area contributed by atoms with Gasteiger partial charge in [0.2, 0.25) is 5.88 Å². The Morgan fingerprint density at radius 2 is 2.05 bits per heavy atom. The lowest BCUT2D eigenvalue weighted by molar-refractivity contribution is 0.396. The van der Waals surface area contributed by atoms with Gasteiger partial charge < -0.3 is 19.9 Å². The average Bonchev–Trinajstić information content (AvgIpc) is 2.48. The summed E-state index contributed by atoms with van der Waals surface area (Å²) in [6, 6.07) is 4.50. The number of anilines is 2. The highest BCUT2D eigenvalue weighted by molar-refractivity contribution is 5.73. The van der Waals surface area contributed by atoms with Crippen LogP contribution in [-0.4, -0.2) is 38.3 Å². The Hall–Kier alpha value is -1.75. The van der Waals surface area contributed by atoms with Gasteiger partial charge in [-0.15, -0.1) is 0 Å². The molecule has 1 saturated heterocycles. The summed E-state index contributed by atoms with van der Waals surface area (Å²) in [7, 11) is 3.70. The van der Waals surface area contributed by atoms with Crippen molar-refractivity contribution in [1.82, 2.24) is 10.3 Å². The van der Waals surface area contributed by atoms with Crippen molar-refractivity contribution in [3.05, 3.63) is 24.5 Å². The summed E-state index contributed by atoms with van der Waals surface area (Å²) in [4.78, 5) is 9.02. The van der Waals surface area contributed by atoms with E-state index < -0.39 is 0 Å². The van der Waals surface area contributed by atoms with Crippen LogP contribution in [0.5, 0.6) is 5.88 Å². The molecule has 1 fully saturated rings. The molecule has 0 radical (unpaired) electrons. The maximum atomic E-state index is 5.26. The Kier molecular flexibility index (Phi) is 3.29. The number of hydrogen-bond acceptors (Lipinski definition) is 5. The predicted octanol–water partition coefficient (Wildman–Crippen LogP) is 1.57. The standard InChI is InChI=1S/C14H20N4O/c1-17-9-10-18(11-5-7-15-8-6-11)14-12(17)3-4-13(16-14)19-2/h3-4,9-11,15H,5-8H2,1-2H3. The first-order valence-electron chi connectivity index (χ1n) is 6.75. The molecule has 0 unspecified atom stereocenters. The molecule has 3 rings (SSSR count). The first-order chi connectivity index (χ1) is 9.29. The van der Waals surface area contributed by atoms with E-state index in [1.807, 2.05) is 13.1 Å². The molecule has 102 valence electrons. The van der Waals surface area contributed by atoms with E-state index in [4.69, 9.17) is 4.74 Å². The van der Waals surface area contributed by atoms with Crippen LogP contribution < -0.4 is 19.9 Å². The first-order valence-corrected chi connectivity index (χ1v) is 6.75. The lowest BCUT2D eigenvalue weighted by Crippen LogP contribution is -2.42. The highest BCUT2D eigenvalue weighted by Gasteiger charge is 2.26. The van der Waals surface area contributed by atoms with Crippen molar-refractivity contribution in [3.63, 3.8) is 0 Å². The molecule has 0 atom stereocenters. The van der Waals surface area contributed by atoms with Crippen molar-refractivity contribution in [3.8, 4) is 5.88 Å². The highest BCUT2D eigenvalue weighted by atomic mass is 16.5. The van der Waals surface area contributed by atoms with E-state index in [2.05, 4.69) is 38.6 Å². The van der Waals surface area contributed by atoms with E-state index in [0.717, 1.165) is 37.4 Å². The number of methoxy groups -OCH3 is 1. The number of hydrogen-bond donors (Lipinski definition) is 1. The van der Waals surface area contributed by atoms with Gasteiger partial charge in [-0.25, -0.2) is 0 Å². The largest absolute Gasteiger partial charge is 0.481 e. The van der Waals surface area contributed by atoms with Crippen molar-refractivity contribution in [1.29, 1.82) is 0 Å². The second-order valence-electron chi connectivity index (χ2n) is 4.99. The van der Waals surface area contributed by atoms with Gasteiger partial charge in [0.1, 0.15) is 0 Å². The van der Waals surface area contributed by atoms with Crippen LogP contribution in [0.4, 0.5) is 11.5 Å². The van der Waals surface area contributed by atoms with Gasteiger partial charge in [-0.05, 0) is 32.0 Å². The quantitative estimate of drug-likeness (QED) is 0.874. The van der Waals surface area contributed by atoms with Crippen LogP contribution in [0.1, 0.15) is 12.8 Å². The summed E-state index contributed by atoms with van der Waals surface area (Å²) in [6.07, 6.45) is 6.52. The summed E-state index contributed by atoms with van der Waals surface area (Å²) in [6.45, 7) is 2.15. The molecular weight excluding hydrogens is 240 g/mol. The molecule has 5 nitrogen and oxygen atoms in total. The summed E-state index contributed by atoms with van der Waals surface area (Å²) in [5.74, 6) is 1.66. The number of fused-ring (bicyclic) bond motifs is 1. The first kappa shape index (κ1) is 12.3. The summed E-state index contributed by atoms with van der Waals surface area (Å²) in [5, 5.41) is 3.40. The smallest absolute Gasteiger partial charge is 0.215 e. The van der Waals surface area contributed by atoms with Crippen molar-refractivity contribution in [2.75, 3.05) is 37.0 Å². The number of nitrogens with zero attached hydrogens (tertiary/aromatic N) is 3. The third kappa shape index (κ3) is 2.26. The molecule has 0 bridgehead atoms. The molecule has 19 heavy (non-hydrogen) atoms. The second-order valence-corrected chi connectivity index (χ2v) is 4.99. The Bertz CT molecular complexity index is 482. The molecule has 1 aromatic heterocycles. The van der Waals surface area contributed by atoms with Crippen LogP contribution in [0, 0.1) is 0 Å². The molecule has 3 heterocycles. The molecule has 0 saturated carbocycles. The number of piperidine rings is 1. The third-order valence-corrected chi connectivity index (χ3v) is 3.82. The number of pyridine rings is 1. The van der Waals surface area contributed by atoms with Gasteiger partial charge in [-0.1, -0.05) is 0 Å². The van der Waals surface area contributed by atoms with E-state index in [1.165, 1.54) is 0 Å². The van der Waals surface area contributed by atoms with Crippen LogP contribution in [0.3, 0.4) is 0 Å². The normalized spacial score (nSPS) is 19.5. The molecule has 0 aliphatic carbocycles. The second kappa shape index (κ2) is 5.09. The van der Waals surface area contributed by atoms with E-state index in [0.29, 0.717) is 11.9 Å². The molecular formula is C14H20N4O. The van der Waals surface area contributed by atoms with Crippen molar-refractivity contribution in [2.45, 2.75) is 18.9 Å². The Morgan fingerprint density at radius 1 is 1.26 bits per heavy atom. The lowest BCUT2D eigenvalue weighted by atomic mass is 10.0. The Labute approximate surface area is 113 Å². The van der Waals surface area contributed by atoms with E-state index in [9.17, 15) is 0 Å². The average molecular weight is 260 g/mol. The minimum Gasteiger partial charge on any atom is -0.481 e. The predicted molar refractivity (Wildman–Crippen MR) is 76.7 cm³/mol. The van der Waals surface area contributed by atoms with E-state index >= 15 is 0 Å². The van der Waals surface area contributed by atoms with Crippen LogP contribution in [0.25, 0.3) is 0 Å². The summed E-state index contributed by atoms with van der Waals surface area (Å²) >= 11 is 0. The molecule has 1 N–H and O–H groups in total. The van der Waals surface area contributed by atoms with Crippen molar-refractivity contribution in [2.24, 2.45) is 0 Å². The van der Waals surface area contributed by atoms with Crippen LogP contribution in [0.2, 0.25) is 0 Å². The van der Waals surface area contributed by atoms with Crippen LogP contribution >= 0.6 is 0 Å². The third-order valence-electron chi connectivity index (χ3n) is 3.82. The van der Waals surface area contributed by atoms with Crippen LogP contribution in [-0.2, 0) is 0 Å². The molecule has 1 aromatic rings. The SMILES string of the molecule is COc1ccc2c(n1)N(C1CCNCC1)C=CN2C. The highest BCUT2D eigenvalue weighted by Crippen LogP contribution is 2.35. The van der Waals surface area contributed by atoms with Crippen LogP contribution in [0.15, 0.2) is 24.5 Å². The van der Waals surface area contributed by atoms with Gasteiger partial charge >= 0.3 is 0 Å². The zero-order valence-electron chi connectivity index (χ0n) is 11.5. The number of nitrogens with one attached hydrogen (secondary N) is 1. The van der Waals surface area contributed by atoms with E-state index in [-0.39, 0.29) is 0 Å². The Balaban J connectivity index is 1.96. The van der Waals surface area contributed by atoms with Crippen molar-refractivity contribution >= 4 is 11.5 Å². The maximum absolute atomic E-state index is 5.26. The molecule has 0 amide bonds. The fourth-order valence-electron chi connectivity index (χ4n) is 2.70. The number of ether oxygens (including phenoxy) is 1. The zero-order valence-corrected chi connectivity index (χ0v) is 11.5. The minimum atomic E-state index is 0.518. The Morgan fingerprint density at radius 3 is 2.79 bits per heavy atom. The summed E-state index contributed by atoms with van der Waals surface area (Å²) in [5.41, 5.74) is 1.13. The minimum absolute atomic E-state index is 0.518. The van der Waals surface area contributed by atoms with Crippen molar-refractivity contribution < 1.29 is 4.74 Å². The number of aromatic nitrogens is 1. The fourth-order valence-corrected chi connectivity index (χ4v) is 2.70. The van der Waals surface area contributed by atoms with E-state index in [1.54, 1.807) is 7.11 Å². The molecule has 2 aliphatic rings. The van der Waals surface area contributed by atoms with Gasteiger partial charge in [0.25, 0.3) is 0 Å². The maximum Gasteiger partial charge on any atom is 0.215 e. The fraction of sp³-hybridized carbons (Fsp3) is 0.500. The molecule has 5 heteroatoms. The monoisotopic (exact) mass is 260 g/mol. The van der Waals surface area contributed by atoms with Gasteiger partial charge in [0, 0.05) is 31.6 Å². The van der Waals surface area contributed by atoms with Gasteiger partial charge in [0.15, 0.2) is 5.82 Å². The topological polar surface area (TPSA) is 40.6 Å². The molecule has 2 aliphatic heterocycles. The van der Waals surface area contributed by atoms with Gasteiger partial charge in [-0.3, -0.25) is 0 Å². The molecule has 0 spiro atoms. The summed E-state index contributed by atoms with van der Waals surface area (Å²) < 4.78 is 5.26. The van der Waals surface area contributed by atoms with Gasteiger partial charge in [0.05, 0.1) is 12.8 Å². The zero-order chi connectivity index (χ0) is 13.2.